The number of nitrogens with two attached hydrogens (primary N) is 1. The van der Waals surface area contributed by atoms with Gasteiger partial charge in [0.2, 0.25) is 0 Å². The summed E-state index contributed by atoms with van der Waals surface area (Å²) < 4.78 is 1.19. The van der Waals surface area contributed by atoms with Crippen molar-refractivity contribution < 1.29 is 0 Å². The van der Waals surface area contributed by atoms with Gasteiger partial charge in [0.15, 0.2) is 0 Å². The Morgan fingerprint density at radius 3 is 2.90 bits per heavy atom. The van der Waals surface area contributed by atoms with E-state index in [1.165, 1.54) is 26.7 Å². The van der Waals surface area contributed by atoms with Crippen molar-refractivity contribution in [3.8, 4) is 0 Å². The van der Waals surface area contributed by atoms with Crippen LogP contribution in [0.2, 0.25) is 0 Å². The highest BCUT2D eigenvalue weighted by Gasteiger charge is 2.17. The predicted molar refractivity (Wildman–Crippen MR) is 87.6 cm³/mol. The molecule has 0 fully saturated rings. The molecule has 0 radical (unpaired) electrons. The van der Waals surface area contributed by atoms with Crippen LogP contribution in [0.5, 0.6) is 0 Å². The molecule has 104 valence electrons. The average molecular weight is 331 g/mol. The first-order valence-corrected chi connectivity index (χ1v) is 7.76. The number of nitrogens with zero attached hydrogens (tertiary/aromatic N) is 1. The molecular weight excluding hydrogens is 312 g/mol. The Labute approximate surface area is 128 Å². The minimum Gasteiger partial charge on any atom is -0.398 e. The summed E-state index contributed by atoms with van der Waals surface area (Å²) in [6.07, 6.45) is 1.05. The van der Waals surface area contributed by atoms with E-state index >= 15 is 0 Å². The molecule has 1 aliphatic rings. The first-order valence-electron chi connectivity index (χ1n) is 6.97. The molecule has 20 heavy (non-hydrogen) atoms. The van der Waals surface area contributed by atoms with E-state index in [1.54, 1.807) is 0 Å². The normalized spacial score (nSPS) is 15.1. The largest absolute Gasteiger partial charge is 0.398 e. The van der Waals surface area contributed by atoms with Crippen LogP contribution >= 0.6 is 15.9 Å². The third kappa shape index (κ3) is 2.74. The van der Waals surface area contributed by atoms with Gasteiger partial charge in [0.1, 0.15) is 0 Å². The van der Waals surface area contributed by atoms with Crippen molar-refractivity contribution in [2.24, 2.45) is 0 Å². The Kier molecular flexibility index (Phi) is 3.81. The van der Waals surface area contributed by atoms with Crippen molar-refractivity contribution in [3.63, 3.8) is 0 Å². The van der Waals surface area contributed by atoms with E-state index in [4.69, 9.17) is 5.73 Å². The Bertz CT molecular complexity index is 637. The molecule has 2 aromatic carbocycles. The fourth-order valence-electron chi connectivity index (χ4n) is 2.83. The highest BCUT2D eigenvalue weighted by atomic mass is 79.9. The zero-order valence-electron chi connectivity index (χ0n) is 11.7. The first kappa shape index (κ1) is 13.7. The van der Waals surface area contributed by atoms with Gasteiger partial charge in [-0.2, -0.15) is 0 Å². The van der Waals surface area contributed by atoms with E-state index in [0.717, 1.165) is 31.7 Å². The van der Waals surface area contributed by atoms with Crippen molar-refractivity contribution in [3.05, 3.63) is 63.1 Å². The number of hydrogen-bond donors (Lipinski definition) is 1. The number of aryl methyl sites for hydroxylation is 1. The second-order valence-electron chi connectivity index (χ2n) is 5.53. The fourth-order valence-corrected chi connectivity index (χ4v) is 3.25. The first-order chi connectivity index (χ1) is 9.63. The molecule has 3 rings (SSSR count). The molecule has 0 amide bonds. The van der Waals surface area contributed by atoms with Gasteiger partial charge in [0, 0.05) is 29.8 Å². The highest BCUT2D eigenvalue weighted by molar-refractivity contribution is 9.10. The molecule has 2 N–H and O–H groups in total. The van der Waals surface area contributed by atoms with Crippen LogP contribution in [-0.2, 0) is 19.5 Å². The van der Waals surface area contributed by atoms with Crippen LogP contribution in [0.25, 0.3) is 0 Å². The lowest BCUT2D eigenvalue weighted by molar-refractivity contribution is 0.246. The smallest absolute Gasteiger partial charge is 0.0350 e. The lowest BCUT2D eigenvalue weighted by Gasteiger charge is -2.29. The average Bonchev–Trinajstić information content (AvgIpc) is 2.43. The molecule has 2 nitrogen and oxygen atoms in total. The fraction of sp³-hybridized carbons (Fsp3) is 0.294. The number of halogens is 1. The molecule has 1 heterocycles. The summed E-state index contributed by atoms with van der Waals surface area (Å²) in [6, 6.07) is 12.9. The summed E-state index contributed by atoms with van der Waals surface area (Å²) >= 11 is 3.61. The Hall–Kier alpha value is -1.32. The van der Waals surface area contributed by atoms with Crippen LogP contribution in [0.4, 0.5) is 5.69 Å². The van der Waals surface area contributed by atoms with Gasteiger partial charge in [-0.3, -0.25) is 4.90 Å². The quantitative estimate of drug-likeness (QED) is 0.846. The van der Waals surface area contributed by atoms with E-state index in [9.17, 15) is 0 Å². The van der Waals surface area contributed by atoms with Gasteiger partial charge in [-0.15, -0.1) is 0 Å². The van der Waals surface area contributed by atoms with Crippen molar-refractivity contribution in [1.29, 1.82) is 0 Å². The molecule has 2 aromatic rings. The standard InChI is InChI=1S/C17H19BrN2/c1-12-5-6-13(9-16(12)18)10-20-8-7-15-14(11-20)3-2-4-17(15)19/h2-6,9H,7-8,10-11,19H2,1H3. The second-order valence-corrected chi connectivity index (χ2v) is 6.38. The zero-order valence-corrected chi connectivity index (χ0v) is 13.3. The molecule has 0 bridgehead atoms. The molecule has 0 unspecified atom stereocenters. The highest BCUT2D eigenvalue weighted by Crippen LogP contribution is 2.26. The van der Waals surface area contributed by atoms with Gasteiger partial charge in [0.05, 0.1) is 0 Å². The number of fused-ring (bicyclic) bond motifs is 1. The summed E-state index contributed by atoms with van der Waals surface area (Å²) in [4.78, 5) is 2.48. The van der Waals surface area contributed by atoms with Gasteiger partial charge in [-0.05, 0) is 47.7 Å². The molecule has 0 saturated carbocycles. The lowest BCUT2D eigenvalue weighted by Crippen LogP contribution is -2.30. The van der Waals surface area contributed by atoms with Crippen LogP contribution in [0.1, 0.15) is 22.3 Å². The number of benzene rings is 2. The predicted octanol–water partition coefficient (Wildman–Crippen LogP) is 3.90. The summed E-state index contributed by atoms with van der Waals surface area (Å²) in [6.45, 7) is 5.18. The van der Waals surface area contributed by atoms with E-state index < -0.39 is 0 Å². The minimum atomic E-state index is 0.945. The van der Waals surface area contributed by atoms with E-state index in [0.29, 0.717) is 0 Å². The second kappa shape index (κ2) is 5.58. The Morgan fingerprint density at radius 1 is 1.25 bits per heavy atom. The maximum Gasteiger partial charge on any atom is 0.0350 e. The molecule has 1 aliphatic heterocycles. The van der Waals surface area contributed by atoms with Crippen LogP contribution in [0.15, 0.2) is 40.9 Å². The van der Waals surface area contributed by atoms with Crippen molar-refractivity contribution in [2.45, 2.75) is 26.4 Å². The molecule has 0 spiro atoms. The molecule has 0 aliphatic carbocycles. The zero-order chi connectivity index (χ0) is 14.1. The molecule has 0 atom stereocenters. The van der Waals surface area contributed by atoms with Crippen molar-refractivity contribution in [1.82, 2.24) is 4.90 Å². The number of hydrogen-bond acceptors (Lipinski definition) is 2. The Morgan fingerprint density at radius 2 is 2.10 bits per heavy atom. The van der Waals surface area contributed by atoms with Gasteiger partial charge >= 0.3 is 0 Å². The Balaban J connectivity index is 1.76. The molecule has 0 aromatic heterocycles. The number of nitrogen functional groups attached to an aromatic ring is 1. The summed E-state index contributed by atoms with van der Waals surface area (Å²) in [5.74, 6) is 0. The SMILES string of the molecule is Cc1ccc(CN2CCc3c(N)cccc3C2)cc1Br. The molecular formula is C17H19BrN2. The van der Waals surface area contributed by atoms with E-state index in [-0.39, 0.29) is 0 Å². The topological polar surface area (TPSA) is 29.3 Å². The third-order valence-corrected chi connectivity index (χ3v) is 4.88. The maximum atomic E-state index is 6.05. The van der Waals surface area contributed by atoms with Crippen LogP contribution < -0.4 is 5.73 Å². The van der Waals surface area contributed by atoms with Crippen molar-refractivity contribution in [2.75, 3.05) is 12.3 Å². The molecule has 3 heteroatoms. The van der Waals surface area contributed by atoms with Crippen LogP contribution in [-0.4, -0.2) is 11.4 Å². The third-order valence-electron chi connectivity index (χ3n) is 4.02. The van der Waals surface area contributed by atoms with Crippen LogP contribution in [0.3, 0.4) is 0 Å². The minimum absolute atomic E-state index is 0.945. The maximum absolute atomic E-state index is 6.05. The van der Waals surface area contributed by atoms with Crippen LogP contribution in [0, 0.1) is 6.92 Å². The van der Waals surface area contributed by atoms with E-state index in [1.807, 2.05) is 6.07 Å². The van der Waals surface area contributed by atoms with Gasteiger partial charge < -0.3 is 5.73 Å². The van der Waals surface area contributed by atoms with Gasteiger partial charge in [-0.1, -0.05) is 40.2 Å². The summed E-state index contributed by atoms with van der Waals surface area (Å²) in [5.41, 5.74) is 12.4. The number of rotatable bonds is 2. The summed E-state index contributed by atoms with van der Waals surface area (Å²) in [7, 11) is 0. The monoisotopic (exact) mass is 330 g/mol. The van der Waals surface area contributed by atoms with Gasteiger partial charge in [0.25, 0.3) is 0 Å². The van der Waals surface area contributed by atoms with E-state index in [2.05, 4.69) is 58.1 Å². The molecule has 0 saturated heterocycles. The number of anilines is 1. The summed E-state index contributed by atoms with van der Waals surface area (Å²) in [5, 5.41) is 0. The lowest BCUT2D eigenvalue weighted by atomic mass is 9.97. The van der Waals surface area contributed by atoms with Crippen molar-refractivity contribution >= 4 is 21.6 Å². The van der Waals surface area contributed by atoms with Gasteiger partial charge in [-0.25, -0.2) is 0 Å².